The monoisotopic (exact) mass is 267 g/mol. The lowest BCUT2D eigenvalue weighted by atomic mass is 9.97. The van der Waals surface area contributed by atoms with Gasteiger partial charge in [0.25, 0.3) is 0 Å². The van der Waals surface area contributed by atoms with Gasteiger partial charge in [0.15, 0.2) is 5.69 Å². The molecule has 1 aromatic heterocycles. The zero-order chi connectivity index (χ0) is 14.5. The van der Waals surface area contributed by atoms with Gasteiger partial charge in [0, 0.05) is 0 Å². The van der Waals surface area contributed by atoms with Crippen LogP contribution in [0.3, 0.4) is 0 Å². The third kappa shape index (κ3) is 3.64. The van der Waals surface area contributed by atoms with Crippen LogP contribution in [0.4, 0.5) is 0 Å². The van der Waals surface area contributed by atoms with Gasteiger partial charge in [-0.15, -0.1) is 5.10 Å². The largest absolute Gasteiger partial charge is 0.457 e. The molecule has 0 saturated carbocycles. The number of rotatable bonds is 7. The molecule has 0 bridgehead atoms. The molecule has 0 atom stereocenters. The van der Waals surface area contributed by atoms with Crippen LogP contribution in [-0.2, 0) is 11.3 Å². The van der Waals surface area contributed by atoms with Gasteiger partial charge in [-0.1, -0.05) is 31.7 Å². The van der Waals surface area contributed by atoms with Crippen molar-refractivity contribution in [1.29, 1.82) is 0 Å². The lowest BCUT2D eigenvalue weighted by molar-refractivity contribution is 0.0108. The highest BCUT2D eigenvalue weighted by atomic mass is 16.5. The number of hydrogen-bond acceptors (Lipinski definition) is 5. The molecule has 0 aliphatic heterocycles. The molecule has 0 spiro atoms. The third-order valence-electron chi connectivity index (χ3n) is 3.27. The number of carbonyl (C=O) groups excluding carboxylic acids is 1. The number of ether oxygens (including phenoxy) is 1. The van der Waals surface area contributed by atoms with Gasteiger partial charge in [-0.2, -0.15) is 0 Å². The minimum absolute atomic E-state index is 0.138. The lowest BCUT2D eigenvalue weighted by Gasteiger charge is -2.25. The molecule has 0 fully saturated rings. The maximum absolute atomic E-state index is 11.7. The summed E-state index contributed by atoms with van der Waals surface area (Å²) in [7, 11) is 0. The Bertz CT molecular complexity index is 450. The van der Waals surface area contributed by atoms with Gasteiger partial charge in [0.05, 0.1) is 17.8 Å². The molecular weight excluding hydrogens is 246 g/mol. The Labute approximate surface area is 113 Å². The van der Waals surface area contributed by atoms with Crippen molar-refractivity contribution in [2.24, 2.45) is 0 Å². The first-order chi connectivity index (χ1) is 8.97. The molecule has 1 heterocycles. The van der Waals surface area contributed by atoms with E-state index in [4.69, 9.17) is 4.74 Å². The number of aromatic nitrogens is 3. The van der Waals surface area contributed by atoms with Gasteiger partial charge in [0.1, 0.15) is 6.61 Å². The van der Waals surface area contributed by atoms with Crippen LogP contribution in [0.2, 0.25) is 0 Å². The first kappa shape index (κ1) is 15.4. The van der Waals surface area contributed by atoms with Gasteiger partial charge in [0.2, 0.25) is 0 Å². The van der Waals surface area contributed by atoms with Crippen LogP contribution in [0.25, 0.3) is 0 Å². The molecule has 0 saturated heterocycles. The predicted octanol–water partition coefficient (Wildman–Crippen LogP) is 1.48. The lowest BCUT2D eigenvalue weighted by Crippen LogP contribution is -2.33. The summed E-state index contributed by atoms with van der Waals surface area (Å²) in [6, 6.07) is 0. The Balaban J connectivity index is 2.86. The fourth-order valence-corrected chi connectivity index (χ4v) is 1.65. The van der Waals surface area contributed by atoms with Crippen LogP contribution in [-0.4, -0.2) is 38.3 Å². The van der Waals surface area contributed by atoms with Crippen molar-refractivity contribution >= 4 is 5.97 Å². The van der Waals surface area contributed by atoms with E-state index in [1.165, 1.54) is 10.8 Å². The third-order valence-corrected chi connectivity index (χ3v) is 3.27. The summed E-state index contributed by atoms with van der Waals surface area (Å²) in [5, 5.41) is 18.0. The van der Waals surface area contributed by atoms with Crippen LogP contribution in [0.1, 0.15) is 42.9 Å². The minimum Gasteiger partial charge on any atom is -0.457 e. The fraction of sp³-hybridized carbons (Fsp3) is 0.615. The molecule has 0 unspecified atom stereocenters. The highest BCUT2D eigenvalue weighted by Gasteiger charge is 2.26. The number of carbonyl (C=O) groups is 1. The van der Waals surface area contributed by atoms with Crippen LogP contribution >= 0.6 is 0 Å². The molecule has 1 aromatic rings. The van der Waals surface area contributed by atoms with E-state index in [0.717, 1.165) is 0 Å². The van der Waals surface area contributed by atoms with Gasteiger partial charge in [-0.25, -0.2) is 9.48 Å². The van der Waals surface area contributed by atoms with Crippen molar-refractivity contribution < 1.29 is 14.6 Å². The Morgan fingerprint density at radius 1 is 1.53 bits per heavy atom. The van der Waals surface area contributed by atoms with Crippen molar-refractivity contribution in [2.45, 2.75) is 45.8 Å². The predicted molar refractivity (Wildman–Crippen MR) is 70.8 cm³/mol. The Hall–Kier alpha value is -1.69. The summed E-state index contributed by atoms with van der Waals surface area (Å²) in [4.78, 5) is 11.7. The molecule has 19 heavy (non-hydrogen) atoms. The fourth-order valence-electron chi connectivity index (χ4n) is 1.65. The van der Waals surface area contributed by atoms with Crippen LogP contribution in [0, 0.1) is 6.92 Å². The van der Waals surface area contributed by atoms with Gasteiger partial charge >= 0.3 is 5.97 Å². The number of hydrogen-bond donors (Lipinski definition) is 1. The molecule has 6 nitrogen and oxygen atoms in total. The molecule has 0 aliphatic carbocycles. The van der Waals surface area contributed by atoms with Crippen LogP contribution in [0.5, 0.6) is 0 Å². The van der Waals surface area contributed by atoms with Crippen molar-refractivity contribution in [1.82, 2.24) is 15.0 Å². The summed E-state index contributed by atoms with van der Waals surface area (Å²) < 4.78 is 6.46. The summed E-state index contributed by atoms with van der Waals surface area (Å²) in [6.45, 7) is 9.48. The Morgan fingerprint density at radius 2 is 2.16 bits per heavy atom. The maximum Gasteiger partial charge on any atom is 0.361 e. The van der Waals surface area contributed by atoms with E-state index < -0.39 is 11.6 Å². The molecule has 0 amide bonds. The van der Waals surface area contributed by atoms with Crippen molar-refractivity contribution in [3.05, 3.63) is 24.0 Å². The minimum atomic E-state index is -0.833. The molecule has 0 aliphatic rings. The van der Waals surface area contributed by atoms with Gasteiger partial charge < -0.3 is 9.84 Å². The van der Waals surface area contributed by atoms with Crippen LogP contribution in [0.15, 0.2) is 12.7 Å². The Kier molecular flexibility index (Phi) is 5.23. The van der Waals surface area contributed by atoms with Crippen LogP contribution < -0.4 is 0 Å². The topological polar surface area (TPSA) is 77.2 Å². The van der Waals surface area contributed by atoms with E-state index in [2.05, 4.69) is 16.9 Å². The quantitative estimate of drug-likeness (QED) is 0.598. The summed E-state index contributed by atoms with van der Waals surface area (Å²) >= 11 is 0. The average molecular weight is 267 g/mol. The SMILES string of the molecule is C=CCOC(=O)c1nnn(CC(O)(CC)CC)c1C. The standard InChI is InChI=1S/C13H21N3O3/c1-5-8-19-12(17)11-10(4)16(15-14-11)9-13(18,6-2)7-3/h5,18H,1,6-9H2,2-4H3. The maximum atomic E-state index is 11.7. The van der Waals surface area contributed by atoms with Gasteiger partial charge in [-0.3, -0.25) is 0 Å². The highest BCUT2D eigenvalue weighted by Crippen LogP contribution is 2.18. The first-order valence-corrected chi connectivity index (χ1v) is 6.38. The first-order valence-electron chi connectivity index (χ1n) is 6.38. The van der Waals surface area contributed by atoms with E-state index >= 15 is 0 Å². The second-order valence-electron chi connectivity index (χ2n) is 4.50. The number of esters is 1. The molecule has 0 aromatic carbocycles. The summed E-state index contributed by atoms with van der Waals surface area (Å²) in [5.41, 5.74) is -0.0633. The van der Waals surface area contributed by atoms with E-state index in [1.54, 1.807) is 6.92 Å². The van der Waals surface area contributed by atoms with E-state index in [9.17, 15) is 9.90 Å². The number of aliphatic hydroxyl groups is 1. The average Bonchev–Trinajstić information content (AvgIpc) is 2.77. The summed E-state index contributed by atoms with van der Waals surface area (Å²) in [5.74, 6) is -0.528. The smallest absolute Gasteiger partial charge is 0.361 e. The van der Waals surface area contributed by atoms with Gasteiger partial charge in [-0.05, 0) is 19.8 Å². The zero-order valence-corrected chi connectivity index (χ0v) is 11.7. The molecule has 106 valence electrons. The van der Waals surface area contributed by atoms with E-state index in [0.29, 0.717) is 25.1 Å². The molecule has 1 N–H and O–H groups in total. The second-order valence-corrected chi connectivity index (χ2v) is 4.50. The second kappa shape index (κ2) is 6.47. The van der Waals surface area contributed by atoms with Crippen molar-refractivity contribution in [3.8, 4) is 0 Å². The van der Waals surface area contributed by atoms with Crippen molar-refractivity contribution in [3.63, 3.8) is 0 Å². The summed E-state index contributed by atoms with van der Waals surface area (Å²) in [6.07, 6.45) is 2.71. The zero-order valence-electron chi connectivity index (χ0n) is 11.7. The number of nitrogens with zero attached hydrogens (tertiary/aromatic N) is 3. The molecule has 1 rings (SSSR count). The van der Waals surface area contributed by atoms with E-state index in [1.807, 2.05) is 13.8 Å². The molecular formula is C13H21N3O3. The van der Waals surface area contributed by atoms with E-state index in [-0.39, 0.29) is 12.3 Å². The normalized spacial score (nSPS) is 11.4. The molecule has 0 radical (unpaired) electrons. The Morgan fingerprint density at radius 3 is 2.68 bits per heavy atom. The van der Waals surface area contributed by atoms with Crippen molar-refractivity contribution in [2.75, 3.05) is 6.61 Å². The molecule has 6 heteroatoms. The highest BCUT2D eigenvalue weighted by molar-refractivity contribution is 5.88.